The smallest absolute Gasteiger partial charge is 0.338 e. The molecular weight excluding hydrogens is 484 g/mol. The van der Waals surface area contributed by atoms with Crippen molar-refractivity contribution in [3.63, 3.8) is 0 Å². The van der Waals surface area contributed by atoms with Gasteiger partial charge in [0.15, 0.2) is 17.8 Å². The number of phenols is 1. The maximum Gasteiger partial charge on any atom is 0.338 e. The highest BCUT2D eigenvalue weighted by Crippen LogP contribution is 2.60. The number of hydrogen-bond donors (Lipinski definition) is 6. The van der Waals surface area contributed by atoms with Gasteiger partial charge in [-0.15, -0.1) is 0 Å². The molecule has 1 saturated carbocycles. The van der Waals surface area contributed by atoms with Gasteiger partial charge in [-0.2, -0.15) is 0 Å². The zero-order chi connectivity index (χ0) is 25.8. The van der Waals surface area contributed by atoms with Crippen molar-refractivity contribution in [1.29, 1.82) is 0 Å². The Labute approximate surface area is 205 Å². The van der Waals surface area contributed by atoms with Crippen molar-refractivity contribution in [2.45, 2.75) is 54.8 Å². The number of carbonyl (C=O) groups is 1. The minimum absolute atomic E-state index is 0.0973. The molecule has 1 aromatic carbocycles. The van der Waals surface area contributed by atoms with Crippen LogP contribution in [0.5, 0.6) is 11.5 Å². The minimum atomic E-state index is -1.66. The number of aliphatic hydroxyl groups is 5. The monoisotopic (exact) mass is 512 g/mol. The predicted molar refractivity (Wildman–Crippen MR) is 114 cm³/mol. The van der Waals surface area contributed by atoms with Gasteiger partial charge in [0.2, 0.25) is 6.29 Å². The lowest BCUT2D eigenvalue weighted by molar-refractivity contribution is -0.344. The Hall–Kier alpha value is -2.49. The van der Waals surface area contributed by atoms with Crippen LogP contribution in [0.1, 0.15) is 10.4 Å². The average Bonchev–Trinajstić information content (AvgIpc) is 3.56. The van der Waals surface area contributed by atoms with E-state index in [2.05, 4.69) is 0 Å². The highest BCUT2D eigenvalue weighted by molar-refractivity contribution is 5.90. The second kappa shape index (κ2) is 9.43. The van der Waals surface area contributed by atoms with Gasteiger partial charge in [0.05, 0.1) is 38.1 Å². The van der Waals surface area contributed by atoms with Crippen LogP contribution in [0.2, 0.25) is 0 Å². The van der Waals surface area contributed by atoms with Crippen molar-refractivity contribution in [2.75, 3.05) is 20.3 Å². The Morgan fingerprint density at radius 2 is 1.89 bits per heavy atom. The molecular formula is C23H28O13. The summed E-state index contributed by atoms with van der Waals surface area (Å²) in [5.74, 6) is -1.95. The molecule has 11 atom stereocenters. The summed E-state index contributed by atoms with van der Waals surface area (Å²) < 4.78 is 33.4. The quantitative estimate of drug-likeness (QED) is 0.173. The van der Waals surface area contributed by atoms with Gasteiger partial charge in [-0.25, -0.2) is 4.79 Å². The third kappa shape index (κ3) is 3.92. The lowest BCUT2D eigenvalue weighted by Crippen LogP contribution is -2.60. The molecule has 0 bridgehead atoms. The van der Waals surface area contributed by atoms with Gasteiger partial charge in [0, 0.05) is 5.92 Å². The molecule has 5 rings (SSSR count). The number of aromatic hydroxyl groups is 1. The fourth-order valence-corrected chi connectivity index (χ4v) is 5.28. The number of hydrogen-bond acceptors (Lipinski definition) is 13. The summed E-state index contributed by atoms with van der Waals surface area (Å²) >= 11 is 0. The molecule has 4 aliphatic rings. The summed E-state index contributed by atoms with van der Waals surface area (Å²) in [4.78, 5) is 12.9. The molecule has 0 spiro atoms. The maximum absolute atomic E-state index is 12.9. The molecule has 6 N–H and O–H groups in total. The van der Waals surface area contributed by atoms with E-state index in [9.17, 15) is 35.4 Å². The maximum atomic E-state index is 12.9. The summed E-state index contributed by atoms with van der Waals surface area (Å²) in [7, 11) is 1.35. The lowest BCUT2D eigenvalue weighted by atomic mass is 9.85. The second-order valence-corrected chi connectivity index (χ2v) is 9.18. The van der Waals surface area contributed by atoms with E-state index in [4.69, 9.17) is 28.4 Å². The summed E-state index contributed by atoms with van der Waals surface area (Å²) in [6.45, 7) is -1.07. The predicted octanol–water partition coefficient (Wildman–Crippen LogP) is -2.01. The first-order valence-electron chi connectivity index (χ1n) is 11.4. The molecule has 3 fully saturated rings. The Bertz CT molecular complexity index is 1010. The Morgan fingerprint density at radius 1 is 1.11 bits per heavy atom. The van der Waals surface area contributed by atoms with Crippen LogP contribution >= 0.6 is 0 Å². The average molecular weight is 512 g/mol. The summed E-state index contributed by atoms with van der Waals surface area (Å²) in [5.41, 5.74) is -1.03. The number of rotatable bonds is 7. The zero-order valence-electron chi connectivity index (χ0n) is 19.1. The van der Waals surface area contributed by atoms with Crippen LogP contribution in [0, 0.1) is 11.8 Å². The molecule has 0 radical (unpaired) electrons. The van der Waals surface area contributed by atoms with Crippen LogP contribution in [0.25, 0.3) is 0 Å². The van der Waals surface area contributed by atoms with E-state index in [0.29, 0.717) is 0 Å². The standard InChI is InChI=1S/C23H28O13/c1-31-12-6-9(2-3-11(12)26)20(30)34-18-10-4-5-32-21(14(10)23(8-25)19(18)36-23)35-22-17(29)16(28)15(27)13(7-24)33-22/h2-6,10,13-19,21-22,24-29H,7-8H2,1H3/t10-,13-,14+,15+,16+,17+,18-,19+,21+,22+,23+/m0/s1. The Kier molecular flexibility index (Phi) is 6.59. The van der Waals surface area contributed by atoms with E-state index in [1.54, 1.807) is 6.08 Å². The number of phenolic OH excluding ortho intramolecular Hbond substituents is 1. The zero-order valence-corrected chi connectivity index (χ0v) is 19.1. The number of methoxy groups -OCH3 is 1. The number of esters is 1. The number of carbonyl (C=O) groups excluding carboxylic acids is 1. The molecule has 0 unspecified atom stereocenters. The Balaban J connectivity index is 1.35. The van der Waals surface area contributed by atoms with Crippen molar-refractivity contribution < 1.29 is 63.9 Å². The fraction of sp³-hybridized carbons (Fsp3) is 0.609. The van der Waals surface area contributed by atoms with Crippen LogP contribution in [0.3, 0.4) is 0 Å². The van der Waals surface area contributed by atoms with Gasteiger partial charge in [-0.3, -0.25) is 0 Å². The van der Waals surface area contributed by atoms with Gasteiger partial charge >= 0.3 is 5.97 Å². The molecule has 36 heavy (non-hydrogen) atoms. The molecule has 13 heteroatoms. The summed E-state index contributed by atoms with van der Waals surface area (Å²) in [6.07, 6.45) is -7.19. The normalized spacial score (nSPS) is 42.7. The number of epoxide rings is 1. The summed E-state index contributed by atoms with van der Waals surface area (Å²) in [6, 6.07) is 4.02. The molecule has 198 valence electrons. The molecule has 1 aromatic rings. The highest BCUT2D eigenvalue weighted by Gasteiger charge is 2.77. The van der Waals surface area contributed by atoms with Crippen molar-refractivity contribution in [3.05, 3.63) is 36.1 Å². The highest BCUT2D eigenvalue weighted by atomic mass is 16.8. The van der Waals surface area contributed by atoms with E-state index in [0.717, 1.165) is 0 Å². The number of aliphatic hydroxyl groups excluding tert-OH is 5. The SMILES string of the molecule is COc1cc(C(=O)O[C@H]2[C@H]3C=CO[C@H](O[C@H]4O[C@@H](CO)[C@@H](O)[C@@H](O)[C@H]4O)[C@@H]3[C@@]3(CO)O[C@H]23)ccc1O. The van der Waals surface area contributed by atoms with Crippen molar-refractivity contribution >= 4 is 5.97 Å². The molecule has 2 saturated heterocycles. The molecule has 0 amide bonds. The van der Waals surface area contributed by atoms with E-state index in [1.165, 1.54) is 31.6 Å². The van der Waals surface area contributed by atoms with Gasteiger partial charge in [-0.1, -0.05) is 0 Å². The third-order valence-electron chi connectivity index (χ3n) is 7.26. The van der Waals surface area contributed by atoms with Crippen LogP contribution in [-0.2, 0) is 23.7 Å². The largest absolute Gasteiger partial charge is 0.504 e. The third-order valence-corrected chi connectivity index (χ3v) is 7.26. The molecule has 3 heterocycles. The van der Waals surface area contributed by atoms with E-state index in [-0.39, 0.29) is 17.1 Å². The van der Waals surface area contributed by atoms with Gasteiger partial charge < -0.3 is 59.1 Å². The first-order valence-corrected chi connectivity index (χ1v) is 11.4. The number of ether oxygens (including phenoxy) is 6. The van der Waals surface area contributed by atoms with Crippen molar-refractivity contribution in [2.24, 2.45) is 11.8 Å². The van der Waals surface area contributed by atoms with Gasteiger partial charge in [0.25, 0.3) is 0 Å². The van der Waals surface area contributed by atoms with Gasteiger partial charge in [-0.05, 0) is 24.3 Å². The minimum Gasteiger partial charge on any atom is -0.504 e. The van der Waals surface area contributed by atoms with Crippen LogP contribution in [0.15, 0.2) is 30.5 Å². The van der Waals surface area contributed by atoms with Crippen molar-refractivity contribution in [3.8, 4) is 11.5 Å². The first kappa shape index (κ1) is 25.2. The van der Waals surface area contributed by atoms with E-state index >= 15 is 0 Å². The van der Waals surface area contributed by atoms with Crippen LogP contribution in [-0.4, -0.2) is 112 Å². The Morgan fingerprint density at radius 3 is 2.58 bits per heavy atom. The van der Waals surface area contributed by atoms with E-state index in [1.807, 2.05) is 0 Å². The molecule has 0 aromatic heterocycles. The fourth-order valence-electron chi connectivity index (χ4n) is 5.28. The summed E-state index contributed by atoms with van der Waals surface area (Å²) in [5, 5.41) is 59.8. The molecule has 3 aliphatic heterocycles. The van der Waals surface area contributed by atoms with Gasteiger partial charge in [0.1, 0.15) is 42.2 Å². The number of benzene rings is 1. The van der Waals surface area contributed by atoms with Crippen LogP contribution < -0.4 is 4.74 Å². The molecule has 13 nitrogen and oxygen atoms in total. The first-order chi connectivity index (χ1) is 17.2. The number of fused-ring (bicyclic) bond motifs is 3. The van der Waals surface area contributed by atoms with Crippen LogP contribution in [0.4, 0.5) is 0 Å². The lowest BCUT2D eigenvalue weighted by Gasteiger charge is -2.43. The topological polar surface area (TPSA) is 197 Å². The van der Waals surface area contributed by atoms with Crippen molar-refractivity contribution in [1.82, 2.24) is 0 Å². The molecule has 1 aliphatic carbocycles. The second-order valence-electron chi connectivity index (χ2n) is 9.18. The van der Waals surface area contributed by atoms with E-state index < -0.39 is 85.8 Å².